The molecule has 2 N–H and O–H groups in total. The lowest BCUT2D eigenvalue weighted by atomic mass is 10.3. The van der Waals surface area contributed by atoms with Crippen molar-refractivity contribution in [3.63, 3.8) is 0 Å². The largest absolute Gasteiger partial charge is 0.463 e. The highest BCUT2D eigenvalue weighted by molar-refractivity contribution is 6.33. The molecule has 1 aromatic carbocycles. The summed E-state index contributed by atoms with van der Waals surface area (Å²) < 4.78 is 5.16. The maximum atomic E-state index is 11.6. The first-order valence-electron chi connectivity index (χ1n) is 6.02. The molecular weight excluding hydrogens is 278 g/mol. The summed E-state index contributed by atoms with van der Waals surface area (Å²) in [5, 5.41) is 7.45. The number of furan rings is 1. The maximum Gasteiger partial charge on any atom is 0.259 e. The van der Waals surface area contributed by atoms with E-state index in [0.29, 0.717) is 22.2 Å². The topological polar surface area (TPSA) is 66.6 Å². The van der Waals surface area contributed by atoms with Crippen molar-refractivity contribution < 1.29 is 9.21 Å². The molecule has 0 atom stereocenters. The molecule has 0 aliphatic rings. The smallest absolute Gasteiger partial charge is 0.259 e. The molecule has 0 unspecified atom stereocenters. The number of carbonyl (C=O) groups is 1. The number of para-hydroxylation sites is 1. The van der Waals surface area contributed by atoms with Crippen molar-refractivity contribution in [2.24, 2.45) is 5.10 Å². The van der Waals surface area contributed by atoms with Crippen molar-refractivity contribution in [3.8, 4) is 0 Å². The number of amides is 1. The van der Waals surface area contributed by atoms with E-state index in [0.717, 1.165) is 0 Å². The molecular formula is C14H14ClN3O2. The SMILES string of the molecule is CC(=NNC(=O)CNc1ccccc1Cl)c1ccco1. The van der Waals surface area contributed by atoms with Crippen molar-refractivity contribution >= 4 is 28.9 Å². The van der Waals surface area contributed by atoms with Crippen LogP contribution in [0.4, 0.5) is 5.69 Å². The van der Waals surface area contributed by atoms with Gasteiger partial charge < -0.3 is 9.73 Å². The number of rotatable bonds is 5. The summed E-state index contributed by atoms with van der Waals surface area (Å²) >= 11 is 5.97. The molecule has 0 aliphatic carbocycles. The molecule has 20 heavy (non-hydrogen) atoms. The minimum atomic E-state index is -0.268. The summed E-state index contributed by atoms with van der Waals surface area (Å²) in [4.78, 5) is 11.6. The molecule has 104 valence electrons. The third kappa shape index (κ3) is 3.86. The first kappa shape index (κ1) is 14.1. The van der Waals surface area contributed by atoms with Gasteiger partial charge in [0, 0.05) is 0 Å². The van der Waals surface area contributed by atoms with Gasteiger partial charge in [0.1, 0.15) is 11.5 Å². The third-order valence-electron chi connectivity index (χ3n) is 2.54. The fraction of sp³-hybridized carbons (Fsp3) is 0.143. The molecule has 0 bridgehead atoms. The lowest BCUT2D eigenvalue weighted by molar-refractivity contribution is -0.119. The van der Waals surface area contributed by atoms with Gasteiger partial charge in [0.05, 0.1) is 23.5 Å². The minimum absolute atomic E-state index is 0.0820. The number of hydrazone groups is 1. The van der Waals surface area contributed by atoms with Gasteiger partial charge in [-0.15, -0.1) is 0 Å². The highest BCUT2D eigenvalue weighted by Crippen LogP contribution is 2.19. The van der Waals surface area contributed by atoms with Crippen molar-refractivity contribution in [3.05, 3.63) is 53.4 Å². The Morgan fingerprint density at radius 2 is 2.10 bits per heavy atom. The molecule has 2 aromatic rings. The monoisotopic (exact) mass is 291 g/mol. The number of anilines is 1. The molecule has 0 aliphatic heterocycles. The zero-order valence-electron chi connectivity index (χ0n) is 10.9. The predicted molar refractivity (Wildman–Crippen MR) is 79.0 cm³/mol. The predicted octanol–water partition coefficient (Wildman–Crippen LogP) is 2.89. The second kappa shape index (κ2) is 6.77. The zero-order chi connectivity index (χ0) is 14.4. The Hall–Kier alpha value is -2.27. The van der Waals surface area contributed by atoms with Crippen LogP contribution in [-0.2, 0) is 4.79 Å². The molecule has 0 saturated carbocycles. The van der Waals surface area contributed by atoms with Crippen molar-refractivity contribution in [2.45, 2.75) is 6.92 Å². The van der Waals surface area contributed by atoms with Crippen LogP contribution in [0.2, 0.25) is 5.02 Å². The van der Waals surface area contributed by atoms with E-state index in [-0.39, 0.29) is 12.5 Å². The van der Waals surface area contributed by atoms with Gasteiger partial charge in [0.15, 0.2) is 0 Å². The van der Waals surface area contributed by atoms with Gasteiger partial charge in [-0.25, -0.2) is 5.43 Å². The van der Waals surface area contributed by atoms with Gasteiger partial charge in [-0.3, -0.25) is 4.79 Å². The molecule has 1 heterocycles. The lowest BCUT2D eigenvalue weighted by Crippen LogP contribution is -2.26. The third-order valence-corrected chi connectivity index (χ3v) is 2.87. The molecule has 0 spiro atoms. The molecule has 6 heteroatoms. The summed E-state index contributed by atoms with van der Waals surface area (Å²) in [6.07, 6.45) is 1.55. The van der Waals surface area contributed by atoms with Gasteiger partial charge in [-0.1, -0.05) is 23.7 Å². The first-order chi connectivity index (χ1) is 9.66. The Kier molecular flexibility index (Phi) is 4.79. The van der Waals surface area contributed by atoms with E-state index in [1.807, 2.05) is 12.1 Å². The number of carbonyl (C=O) groups excluding carboxylic acids is 1. The van der Waals surface area contributed by atoms with Crippen molar-refractivity contribution in [2.75, 3.05) is 11.9 Å². The number of nitrogens with one attached hydrogen (secondary N) is 2. The van der Waals surface area contributed by atoms with E-state index >= 15 is 0 Å². The van der Waals surface area contributed by atoms with Gasteiger partial charge >= 0.3 is 0 Å². The fourth-order valence-electron chi connectivity index (χ4n) is 1.51. The Morgan fingerprint density at radius 3 is 2.80 bits per heavy atom. The summed E-state index contributed by atoms with van der Waals surface area (Å²) in [5.74, 6) is 0.347. The Bertz CT molecular complexity index is 609. The number of nitrogens with zero attached hydrogens (tertiary/aromatic N) is 1. The quantitative estimate of drug-likeness (QED) is 0.657. The minimum Gasteiger partial charge on any atom is -0.463 e. The summed E-state index contributed by atoms with van der Waals surface area (Å²) in [6.45, 7) is 1.83. The highest BCUT2D eigenvalue weighted by atomic mass is 35.5. The van der Waals surface area contributed by atoms with Gasteiger partial charge in [-0.05, 0) is 31.2 Å². The Morgan fingerprint density at radius 1 is 1.30 bits per heavy atom. The van der Waals surface area contributed by atoms with E-state index in [9.17, 15) is 4.79 Å². The van der Waals surface area contributed by atoms with Crippen LogP contribution in [0.3, 0.4) is 0 Å². The van der Waals surface area contributed by atoms with E-state index in [2.05, 4.69) is 15.8 Å². The van der Waals surface area contributed by atoms with Crippen LogP contribution < -0.4 is 10.7 Å². The lowest BCUT2D eigenvalue weighted by Gasteiger charge is -2.07. The summed E-state index contributed by atoms with van der Waals surface area (Å²) in [5.41, 5.74) is 3.75. The summed E-state index contributed by atoms with van der Waals surface area (Å²) in [7, 11) is 0. The normalized spacial score (nSPS) is 11.2. The van der Waals surface area contributed by atoms with Crippen LogP contribution in [0.1, 0.15) is 12.7 Å². The molecule has 1 amide bonds. The number of hydrogen-bond donors (Lipinski definition) is 2. The Balaban J connectivity index is 1.84. The molecule has 0 fully saturated rings. The van der Waals surface area contributed by atoms with Gasteiger partial charge in [0.25, 0.3) is 5.91 Å². The first-order valence-corrected chi connectivity index (χ1v) is 6.40. The van der Waals surface area contributed by atoms with Crippen molar-refractivity contribution in [1.82, 2.24) is 5.43 Å². The van der Waals surface area contributed by atoms with E-state index in [4.69, 9.17) is 16.0 Å². The van der Waals surface area contributed by atoms with Gasteiger partial charge in [0.2, 0.25) is 0 Å². The summed E-state index contributed by atoms with van der Waals surface area (Å²) in [6, 6.07) is 10.7. The van der Waals surface area contributed by atoms with E-state index in [1.165, 1.54) is 0 Å². The van der Waals surface area contributed by atoms with Gasteiger partial charge in [-0.2, -0.15) is 5.10 Å². The van der Waals surface area contributed by atoms with Crippen LogP contribution >= 0.6 is 11.6 Å². The molecule has 2 rings (SSSR count). The second-order valence-electron chi connectivity index (χ2n) is 4.04. The Labute approximate surface area is 121 Å². The van der Waals surface area contributed by atoms with Crippen LogP contribution in [0.15, 0.2) is 52.2 Å². The standard InChI is InChI=1S/C14H14ClN3O2/c1-10(13-7-4-8-20-13)17-18-14(19)9-16-12-6-3-2-5-11(12)15/h2-8,16H,9H2,1H3,(H,18,19). The molecule has 1 aromatic heterocycles. The van der Waals surface area contributed by atoms with Crippen LogP contribution in [0.25, 0.3) is 0 Å². The average Bonchev–Trinajstić information content (AvgIpc) is 2.98. The van der Waals surface area contributed by atoms with Crippen LogP contribution in [0.5, 0.6) is 0 Å². The number of benzene rings is 1. The van der Waals surface area contributed by atoms with Crippen LogP contribution in [0, 0.1) is 0 Å². The van der Waals surface area contributed by atoms with E-state index in [1.54, 1.807) is 37.5 Å². The second-order valence-corrected chi connectivity index (χ2v) is 4.45. The molecule has 0 radical (unpaired) electrons. The average molecular weight is 292 g/mol. The van der Waals surface area contributed by atoms with E-state index < -0.39 is 0 Å². The number of halogens is 1. The molecule has 0 saturated heterocycles. The zero-order valence-corrected chi connectivity index (χ0v) is 11.6. The van der Waals surface area contributed by atoms with Crippen LogP contribution in [-0.4, -0.2) is 18.2 Å². The number of hydrogen-bond acceptors (Lipinski definition) is 4. The molecule has 5 nitrogen and oxygen atoms in total. The fourth-order valence-corrected chi connectivity index (χ4v) is 1.71. The maximum absolute atomic E-state index is 11.6. The highest BCUT2D eigenvalue weighted by Gasteiger charge is 2.04. The van der Waals surface area contributed by atoms with Crippen molar-refractivity contribution in [1.29, 1.82) is 0 Å².